The monoisotopic (exact) mass is 316 g/mol. The van der Waals surface area contributed by atoms with Crippen LogP contribution in [-0.2, 0) is 4.79 Å². The number of ketones is 1. The summed E-state index contributed by atoms with van der Waals surface area (Å²) < 4.78 is 0. The number of Topliss-reactive ketones (excluding diaryl/α,β-unsaturated/α-hetero) is 1. The van der Waals surface area contributed by atoms with E-state index in [1.807, 2.05) is 12.5 Å². The van der Waals surface area contributed by atoms with Crippen LogP contribution in [0.3, 0.4) is 0 Å². The van der Waals surface area contributed by atoms with Gasteiger partial charge in [-0.25, -0.2) is 0 Å². The lowest BCUT2D eigenvalue weighted by molar-refractivity contribution is -0.119. The van der Waals surface area contributed by atoms with Gasteiger partial charge >= 0.3 is 0 Å². The molecule has 2 saturated carbocycles. The highest BCUT2D eigenvalue weighted by Crippen LogP contribution is 2.51. The molecule has 0 aromatic heterocycles. The largest absolute Gasteiger partial charge is 0.300 e. The third-order valence-corrected chi connectivity index (χ3v) is 7.04. The Morgan fingerprint density at radius 1 is 1.04 bits per heavy atom. The van der Waals surface area contributed by atoms with Crippen molar-refractivity contribution in [3.63, 3.8) is 0 Å². The van der Waals surface area contributed by atoms with Crippen molar-refractivity contribution >= 4 is 5.78 Å². The summed E-state index contributed by atoms with van der Waals surface area (Å²) in [4.78, 5) is 11.8. The third-order valence-electron chi connectivity index (χ3n) is 7.04. The molecule has 0 aromatic rings. The van der Waals surface area contributed by atoms with Gasteiger partial charge in [0.2, 0.25) is 0 Å². The SMILES string of the molecule is CCC(=O)CCC1CCC(C2=CCCCC2)C1C1CCCCC1. The van der Waals surface area contributed by atoms with E-state index in [4.69, 9.17) is 0 Å². The topological polar surface area (TPSA) is 17.1 Å². The molecule has 3 rings (SSSR count). The van der Waals surface area contributed by atoms with Crippen molar-refractivity contribution in [3.8, 4) is 0 Å². The Morgan fingerprint density at radius 2 is 1.87 bits per heavy atom. The number of allylic oxidation sites excluding steroid dienone is 2. The molecule has 23 heavy (non-hydrogen) atoms. The Labute approximate surface area is 143 Å². The lowest BCUT2D eigenvalue weighted by Crippen LogP contribution is -2.28. The second kappa shape index (κ2) is 8.49. The molecular weight excluding hydrogens is 280 g/mol. The molecule has 3 unspecified atom stereocenters. The lowest BCUT2D eigenvalue weighted by Gasteiger charge is -2.37. The van der Waals surface area contributed by atoms with E-state index in [0.29, 0.717) is 5.78 Å². The van der Waals surface area contributed by atoms with Crippen molar-refractivity contribution in [2.45, 2.75) is 96.8 Å². The first kappa shape index (κ1) is 17.2. The van der Waals surface area contributed by atoms with Gasteiger partial charge in [-0.3, -0.25) is 4.79 Å². The summed E-state index contributed by atoms with van der Waals surface area (Å²) in [5.74, 6) is 4.05. The van der Waals surface area contributed by atoms with Crippen LogP contribution in [0.25, 0.3) is 0 Å². The fourth-order valence-corrected chi connectivity index (χ4v) is 5.83. The third kappa shape index (κ3) is 4.28. The molecule has 0 N–H and O–H groups in total. The fourth-order valence-electron chi connectivity index (χ4n) is 5.83. The summed E-state index contributed by atoms with van der Waals surface area (Å²) >= 11 is 0. The average Bonchev–Trinajstić information content (AvgIpc) is 3.05. The maximum Gasteiger partial charge on any atom is 0.132 e. The number of hydrogen-bond acceptors (Lipinski definition) is 1. The van der Waals surface area contributed by atoms with Gasteiger partial charge in [-0.2, -0.15) is 0 Å². The second-order valence-electron chi connectivity index (χ2n) is 8.38. The van der Waals surface area contributed by atoms with Crippen LogP contribution >= 0.6 is 0 Å². The van der Waals surface area contributed by atoms with Crippen molar-refractivity contribution in [3.05, 3.63) is 11.6 Å². The van der Waals surface area contributed by atoms with Crippen molar-refractivity contribution in [1.29, 1.82) is 0 Å². The molecule has 3 aliphatic rings. The minimum atomic E-state index is 0.479. The summed E-state index contributed by atoms with van der Waals surface area (Å²) in [6.45, 7) is 2.02. The predicted molar refractivity (Wildman–Crippen MR) is 97.4 cm³/mol. The summed E-state index contributed by atoms with van der Waals surface area (Å²) in [6, 6.07) is 0. The maximum absolute atomic E-state index is 11.8. The molecule has 0 aliphatic heterocycles. The molecule has 130 valence electrons. The second-order valence-corrected chi connectivity index (χ2v) is 8.38. The molecular formula is C22H36O. The fraction of sp³-hybridized carbons (Fsp3) is 0.864. The van der Waals surface area contributed by atoms with Crippen LogP contribution in [0, 0.1) is 23.7 Å². The van der Waals surface area contributed by atoms with E-state index in [2.05, 4.69) is 6.08 Å². The Bertz CT molecular complexity index is 416. The summed E-state index contributed by atoms with van der Waals surface area (Å²) in [5.41, 5.74) is 1.82. The van der Waals surface area contributed by atoms with Crippen LogP contribution in [0.4, 0.5) is 0 Å². The summed E-state index contributed by atoms with van der Waals surface area (Å²) in [5, 5.41) is 0. The van der Waals surface area contributed by atoms with E-state index >= 15 is 0 Å². The van der Waals surface area contributed by atoms with Gasteiger partial charge in [0.15, 0.2) is 0 Å². The standard InChI is InChI=1S/C22H36O/c1-2-20(23)15-13-19-14-16-21(17-9-5-3-6-10-17)22(19)18-11-7-4-8-12-18/h9,18-19,21-22H,2-8,10-16H2,1H3. The van der Waals surface area contributed by atoms with E-state index in [1.54, 1.807) is 0 Å². The molecule has 0 saturated heterocycles. The number of carbonyl (C=O) groups is 1. The van der Waals surface area contributed by atoms with E-state index in [-0.39, 0.29) is 0 Å². The van der Waals surface area contributed by atoms with Gasteiger partial charge in [-0.1, -0.05) is 50.7 Å². The van der Waals surface area contributed by atoms with Crippen LogP contribution in [-0.4, -0.2) is 5.78 Å². The Morgan fingerprint density at radius 3 is 2.57 bits per heavy atom. The highest BCUT2D eigenvalue weighted by molar-refractivity contribution is 5.77. The van der Waals surface area contributed by atoms with Crippen molar-refractivity contribution in [2.24, 2.45) is 23.7 Å². The molecule has 2 fully saturated rings. The number of hydrogen-bond donors (Lipinski definition) is 0. The van der Waals surface area contributed by atoms with Crippen molar-refractivity contribution in [2.75, 3.05) is 0 Å². The Hall–Kier alpha value is -0.590. The summed E-state index contributed by atoms with van der Waals surface area (Å²) in [7, 11) is 0. The summed E-state index contributed by atoms with van der Waals surface area (Å²) in [6.07, 6.45) is 21.0. The lowest BCUT2D eigenvalue weighted by atomic mass is 9.68. The van der Waals surface area contributed by atoms with E-state index in [0.717, 1.165) is 36.5 Å². The van der Waals surface area contributed by atoms with E-state index in [1.165, 1.54) is 77.0 Å². The van der Waals surface area contributed by atoms with Crippen LogP contribution in [0.2, 0.25) is 0 Å². The first-order valence-electron chi connectivity index (χ1n) is 10.5. The van der Waals surface area contributed by atoms with Crippen LogP contribution in [0.1, 0.15) is 96.8 Å². The molecule has 0 spiro atoms. The highest BCUT2D eigenvalue weighted by Gasteiger charge is 2.42. The van der Waals surface area contributed by atoms with Gasteiger partial charge in [0.05, 0.1) is 0 Å². The Balaban J connectivity index is 1.70. The van der Waals surface area contributed by atoms with Crippen LogP contribution in [0.5, 0.6) is 0 Å². The normalized spacial score (nSPS) is 32.7. The first-order valence-corrected chi connectivity index (χ1v) is 10.5. The molecule has 0 amide bonds. The van der Waals surface area contributed by atoms with Crippen LogP contribution < -0.4 is 0 Å². The predicted octanol–water partition coefficient (Wildman–Crippen LogP) is 6.47. The maximum atomic E-state index is 11.8. The van der Waals surface area contributed by atoms with Gasteiger partial charge in [-0.05, 0) is 68.6 Å². The van der Waals surface area contributed by atoms with Crippen molar-refractivity contribution in [1.82, 2.24) is 0 Å². The average molecular weight is 317 g/mol. The smallest absolute Gasteiger partial charge is 0.132 e. The molecule has 0 aromatic carbocycles. The van der Waals surface area contributed by atoms with Gasteiger partial charge < -0.3 is 0 Å². The van der Waals surface area contributed by atoms with Gasteiger partial charge in [0.25, 0.3) is 0 Å². The minimum absolute atomic E-state index is 0.479. The minimum Gasteiger partial charge on any atom is -0.300 e. The van der Waals surface area contributed by atoms with Gasteiger partial charge in [0.1, 0.15) is 5.78 Å². The van der Waals surface area contributed by atoms with Gasteiger partial charge in [-0.15, -0.1) is 0 Å². The van der Waals surface area contributed by atoms with Crippen LogP contribution in [0.15, 0.2) is 11.6 Å². The molecule has 0 heterocycles. The molecule has 0 bridgehead atoms. The number of carbonyl (C=O) groups excluding carboxylic acids is 1. The Kier molecular flexibility index (Phi) is 6.36. The van der Waals surface area contributed by atoms with Gasteiger partial charge in [0, 0.05) is 12.8 Å². The van der Waals surface area contributed by atoms with E-state index < -0.39 is 0 Å². The number of rotatable bonds is 6. The van der Waals surface area contributed by atoms with Crippen molar-refractivity contribution < 1.29 is 4.79 Å². The zero-order valence-corrected chi connectivity index (χ0v) is 15.2. The molecule has 3 atom stereocenters. The zero-order valence-electron chi connectivity index (χ0n) is 15.2. The first-order chi connectivity index (χ1) is 11.3. The highest BCUT2D eigenvalue weighted by atomic mass is 16.1. The molecule has 1 nitrogen and oxygen atoms in total. The molecule has 1 heteroatoms. The zero-order chi connectivity index (χ0) is 16.1. The molecule has 3 aliphatic carbocycles. The quantitative estimate of drug-likeness (QED) is 0.513. The molecule has 0 radical (unpaired) electrons. The van der Waals surface area contributed by atoms with E-state index in [9.17, 15) is 4.79 Å².